The average Bonchev–Trinajstić information content (AvgIpc) is 2.78. The van der Waals surface area contributed by atoms with E-state index in [1.54, 1.807) is 11.3 Å². The molecule has 2 heterocycles. The molecule has 0 aliphatic carbocycles. The van der Waals surface area contributed by atoms with Crippen molar-refractivity contribution >= 4 is 17.6 Å². The molecule has 2 atom stereocenters. The highest BCUT2D eigenvalue weighted by Gasteiger charge is 2.21. The van der Waals surface area contributed by atoms with Crippen molar-refractivity contribution in [2.24, 2.45) is 11.7 Å². The van der Waals surface area contributed by atoms with Crippen LogP contribution >= 0.6 is 11.3 Å². The smallest absolute Gasteiger partial charge is 0.160 e. The van der Waals surface area contributed by atoms with E-state index in [-0.39, 0.29) is 0 Å². The van der Waals surface area contributed by atoms with Crippen molar-refractivity contribution in [2.75, 3.05) is 13.1 Å². The Bertz CT molecular complexity index is 329. The number of rotatable bonds is 3. The van der Waals surface area contributed by atoms with Crippen LogP contribution in [0.2, 0.25) is 0 Å². The van der Waals surface area contributed by atoms with Crippen molar-refractivity contribution < 1.29 is 4.79 Å². The van der Waals surface area contributed by atoms with Crippen LogP contribution in [0.15, 0.2) is 12.1 Å². The van der Waals surface area contributed by atoms with E-state index in [0.29, 0.717) is 12.0 Å². The number of carbonyl (C=O) groups excluding carboxylic acids is 1. The molecule has 3 N–H and O–H groups in total. The number of thiophene rings is 1. The Morgan fingerprint density at radius 2 is 2.40 bits per heavy atom. The van der Waals surface area contributed by atoms with Crippen LogP contribution in [0, 0.1) is 5.92 Å². The maximum Gasteiger partial charge on any atom is 0.160 e. The van der Waals surface area contributed by atoms with Gasteiger partial charge in [-0.1, -0.05) is 0 Å². The molecule has 1 aromatic rings. The first-order chi connectivity index (χ1) is 7.33. The first-order valence-electron chi connectivity index (χ1n) is 5.32. The van der Waals surface area contributed by atoms with Gasteiger partial charge in [0.1, 0.15) is 0 Å². The molecule has 0 saturated carbocycles. The van der Waals surface area contributed by atoms with Gasteiger partial charge in [-0.2, -0.15) is 0 Å². The number of piperidine rings is 1. The molecule has 1 aromatic heterocycles. The number of aldehydes is 1. The number of carbonyl (C=O) groups is 1. The molecule has 4 heteroatoms. The summed E-state index contributed by atoms with van der Waals surface area (Å²) in [7, 11) is 0. The lowest BCUT2D eigenvalue weighted by atomic mass is 9.94. The molecule has 82 valence electrons. The molecule has 0 radical (unpaired) electrons. The Hall–Kier alpha value is -0.710. The molecule has 0 bridgehead atoms. The normalized spacial score (nSPS) is 26.5. The first-order valence-corrected chi connectivity index (χ1v) is 6.13. The minimum absolute atomic E-state index is 0.423. The third-order valence-corrected chi connectivity index (χ3v) is 4.08. The average molecular weight is 224 g/mol. The van der Waals surface area contributed by atoms with E-state index in [9.17, 15) is 4.79 Å². The van der Waals surface area contributed by atoms with Crippen molar-refractivity contribution in [1.82, 2.24) is 5.32 Å². The van der Waals surface area contributed by atoms with Gasteiger partial charge in [0.25, 0.3) is 0 Å². The largest absolute Gasteiger partial charge is 0.330 e. The van der Waals surface area contributed by atoms with Crippen LogP contribution in [0.4, 0.5) is 0 Å². The fourth-order valence-electron chi connectivity index (χ4n) is 1.98. The lowest BCUT2D eigenvalue weighted by Crippen LogP contribution is -2.36. The van der Waals surface area contributed by atoms with Gasteiger partial charge in [0.05, 0.1) is 4.88 Å². The minimum Gasteiger partial charge on any atom is -0.330 e. The zero-order chi connectivity index (χ0) is 10.7. The van der Waals surface area contributed by atoms with Gasteiger partial charge in [-0.3, -0.25) is 4.79 Å². The van der Waals surface area contributed by atoms with Gasteiger partial charge < -0.3 is 11.1 Å². The Kier molecular flexibility index (Phi) is 3.51. The van der Waals surface area contributed by atoms with Gasteiger partial charge in [0.15, 0.2) is 6.29 Å². The topological polar surface area (TPSA) is 55.1 Å². The molecule has 3 nitrogen and oxygen atoms in total. The number of nitrogens with one attached hydrogen (secondary N) is 1. The number of hydrogen-bond acceptors (Lipinski definition) is 4. The van der Waals surface area contributed by atoms with Crippen molar-refractivity contribution in [3.05, 3.63) is 21.9 Å². The summed E-state index contributed by atoms with van der Waals surface area (Å²) in [5, 5.41) is 3.49. The highest BCUT2D eigenvalue weighted by atomic mass is 32.1. The Labute approximate surface area is 93.7 Å². The van der Waals surface area contributed by atoms with Gasteiger partial charge in [0, 0.05) is 10.9 Å². The summed E-state index contributed by atoms with van der Waals surface area (Å²) in [6.07, 6.45) is 3.23. The summed E-state index contributed by atoms with van der Waals surface area (Å²) in [6, 6.07) is 4.37. The Morgan fingerprint density at radius 3 is 2.93 bits per heavy atom. The molecule has 1 fully saturated rings. The van der Waals surface area contributed by atoms with E-state index >= 15 is 0 Å². The molecule has 2 unspecified atom stereocenters. The number of nitrogens with two attached hydrogens (primary N) is 1. The lowest BCUT2D eigenvalue weighted by Gasteiger charge is -2.28. The van der Waals surface area contributed by atoms with Crippen LogP contribution in [-0.2, 0) is 0 Å². The molecule has 0 aromatic carbocycles. The van der Waals surface area contributed by atoms with Crippen LogP contribution in [0.1, 0.15) is 33.4 Å². The van der Waals surface area contributed by atoms with Gasteiger partial charge >= 0.3 is 0 Å². The second kappa shape index (κ2) is 4.88. The maximum atomic E-state index is 10.6. The quantitative estimate of drug-likeness (QED) is 0.766. The molecule has 0 amide bonds. The van der Waals surface area contributed by atoms with Crippen LogP contribution in [0.3, 0.4) is 0 Å². The van der Waals surface area contributed by atoms with Crippen LogP contribution in [0.25, 0.3) is 0 Å². The lowest BCUT2D eigenvalue weighted by molar-refractivity contribution is 0.112. The summed E-state index contributed by atoms with van der Waals surface area (Å²) in [5.74, 6) is 0.617. The predicted octanol–water partition coefficient (Wildman–Crippen LogP) is 1.56. The van der Waals surface area contributed by atoms with Crippen LogP contribution in [0.5, 0.6) is 0 Å². The highest BCUT2D eigenvalue weighted by molar-refractivity contribution is 7.13. The maximum absolute atomic E-state index is 10.6. The predicted molar refractivity (Wildman–Crippen MR) is 62.2 cm³/mol. The molecule has 1 saturated heterocycles. The fourth-order valence-corrected chi connectivity index (χ4v) is 2.91. The monoisotopic (exact) mass is 224 g/mol. The van der Waals surface area contributed by atoms with E-state index in [0.717, 1.165) is 30.7 Å². The Morgan fingerprint density at radius 1 is 1.53 bits per heavy atom. The second-order valence-corrected chi connectivity index (χ2v) is 5.14. The van der Waals surface area contributed by atoms with Gasteiger partial charge in [-0.25, -0.2) is 0 Å². The van der Waals surface area contributed by atoms with Crippen molar-refractivity contribution in [3.8, 4) is 0 Å². The SMILES string of the molecule is NCC1CCC(c2ccc(C=O)s2)NC1. The highest BCUT2D eigenvalue weighted by Crippen LogP contribution is 2.29. The third kappa shape index (κ3) is 2.45. The van der Waals surface area contributed by atoms with Crippen LogP contribution in [-0.4, -0.2) is 19.4 Å². The van der Waals surface area contributed by atoms with Gasteiger partial charge in [-0.15, -0.1) is 11.3 Å². The summed E-state index contributed by atoms with van der Waals surface area (Å²) in [4.78, 5) is 12.7. The van der Waals surface area contributed by atoms with E-state index in [1.165, 1.54) is 11.3 Å². The molecular formula is C11H16N2OS. The molecule has 15 heavy (non-hydrogen) atoms. The fraction of sp³-hybridized carbons (Fsp3) is 0.545. The summed E-state index contributed by atoms with van der Waals surface area (Å²) in [5.41, 5.74) is 5.63. The van der Waals surface area contributed by atoms with Crippen molar-refractivity contribution in [2.45, 2.75) is 18.9 Å². The van der Waals surface area contributed by atoms with Gasteiger partial charge in [0.2, 0.25) is 0 Å². The van der Waals surface area contributed by atoms with E-state index in [1.807, 2.05) is 6.07 Å². The molecule has 0 spiro atoms. The number of hydrogen-bond donors (Lipinski definition) is 2. The molecule has 1 aliphatic heterocycles. The second-order valence-electron chi connectivity index (χ2n) is 4.00. The third-order valence-electron chi connectivity index (χ3n) is 2.96. The van der Waals surface area contributed by atoms with Crippen LogP contribution < -0.4 is 11.1 Å². The standard InChI is InChI=1S/C11H16N2OS/c12-5-8-1-3-10(13-6-8)11-4-2-9(7-14)15-11/h2,4,7-8,10,13H,1,3,5-6,12H2. The molecular weight excluding hydrogens is 208 g/mol. The van der Waals surface area contributed by atoms with Crippen molar-refractivity contribution in [1.29, 1.82) is 0 Å². The van der Waals surface area contributed by atoms with Crippen molar-refractivity contribution in [3.63, 3.8) is 0 Å². The Balaban J connectivity index is 1.97. The van der Waals surface area contributed by atoms with E-state index < -0.39 is 0 Å². The van der Waals surface area contributed by atoms with Gasteiger partial charge in [-0.05, 0) is 44.0 Å². The first kappa shape index (κ1) is 10.8. The summed E-state index contributed by atoms with van der Waals surface area (Å²) in [6.45, 7) is 1.76. The minimum atomic E-state index is 0.423. The molecule has 1 aliphatic rings. The van der Waals surface area contributed by atoms with E-state index in [2.05, 4.69) is 11.4 Å². The summed E-state index contributed by atoms with van der Waals surface area (Å²) >= 11 is 1.59. The zero-order valence-corrected chi connectivity index (χ0v) is 9.43. The summed E-state index contributed by atoms with van der Waals surface area (Å²) < 4.78 is 0. The van der Waals surface area contributed by atoms with E-state index in [4.69, 9.17) is 5.73 Å². The zero-order valence-electron chi connectivity index (χ0n) is 8.61. The molecule has 2 rings (SSSR count).